The number of nitrogens with one attached hydrogen (secondary N) is 1. The molecule has 1 aromatic carbocycles. The van der Waals surface area contributed by atoms with E-state index in [-0.39, 0.29) is 29.7 Å². The van der Waals surface area contributed by atoms with Crippen LogP contribution in [0.15, 0.2) is 30.3 Å². The summed E-state index contributed by atoms with van der Waals surface area (Å²) >= 11 is 1.35. The highest BCUT2D eigenvalue weighted by Gasteiger charge is 2.50. The normalized spacial score (nSPS) is 25.5. The number of carbonyl (C=O) groups excluding carboxylic acids is 1. The third kappa shape index (κ3) is 3.52. The number of hydrogen-bond acceptors (Lipinski definition) is 6. The number of aliphatic carboxylic acids is 1. The van der Waals surface area contributed by atoms with Crippen LogP contribution in [0, 0.1) is 24.7 Å². The van der Waals surface area contributed by atoms with Crippen molar-refractivity contribution in [1.82, 2.24) is 10.3 Å². The molecule has 2 bridgehead atoms. The molecule has 3 aromatic rings. The van der Waals surface area contributed by atoms with Crippen molar-refractivity contribution in [3.05, 3.63) is 52.0 Å². The molecule has 3 fully saturated rings. The molecule has 176 valence electrons. The maximum Gasteiger partial charge on any atom is 0.307 e. The predicted octanol–water partition coefficient (Wildman–Crippen LogP) is 3.63. The summed E-state index contributed by atoms with van der Waals surface area (Å²) in [6.45, 7) is 3.59. The van der Waals surface area contributed by atoms with E-state index in [2.05, 4.69) is 33.4 Å². The zero-order valence-corrected chi connectivity index (χ0v) is 19.9. The molecule has 8 heteroatoms. The van der Waals surface area contributed by atoms with Gasteiger partial charge in [0.05, 0.1) is 11.6 Å². The first-order valence-electron chi connectivity index (χ1n) is 11.9. The van der Waals surface area contributed by atoms with E-state index < -0.39 is 5.97 Å². The fourth-order valence-corrected chi connectivity index (χ4v) is 7.12. The number of benzene rings is 1. The zero-order valence-electron chi connectivity index (χ0n) is 19.1. The molecule has 7 rings (SSSR count). The number of fused-ring (bicyclic) bond motifs is 4. The standard InChI is InChI=1S/C26H28N4O3S/c1-13-2-7-20-22(27)23(34-25(20)28-13)24(31)29-18-5-3-15-10-19(6-4-14(15)9-18)30-11-16-8-17(12-30)21(16)26(32)33/h2,4,6-7,10,16-18,21H,3,5,8-9,11-12,27H2,1H3,(H,29,31)(H,32,33)/t16-,17+,18-,21?/m0/s1. The molecule has 0 radical (unpaired) electrons. The van der Waals surface area contributed by atoms with Crippen LogP contribution in [0.4, 0.5) is 11.4 Å². The summed E-state index contributed by atoms with van der Waals surface area (Å²) in [5.41, 5.74) is 11.5. The molecule has 4 heterocycles. The van der Waals surface area contributed by atoms with Crippen LogP contribution in [0.2, 0.25) is 0 Å². The van der Waals surface area contributed by atoms with Gasteiger partial charge in [0.1, 0.15) is 9.71 Å². The third-order valence-electron chi connectivity index (χ3n) is 7.87. The quantitative estimate of drug-likeness (QED) is 0.531. The van der Waals surface area contributed by atoms with E-state index in [9.17, 15) is 14.7 Å². The number of carboxylic acid groups (broad SMARTS) is 1. The van der Waals surface area contributed by atoms with Gasteiger partial charge in [0.2, 0.25) is 0 Å². The topological polar surface area (TPSA) is 109 Å². The number of nitrogen functional groups attached to an aromatic ring is 1. The van der Waals surface area contributed by atoms with Crippen LogP contribution in [0.25, 0.3) is 10.2 Å². The fourth-order valence-electron chi connectivity index (χ4n) is 6.07. The van der Waals surface area contributed by atoms with Gasteiger partial charge in [-0.25, -0.2) is 4.98 Å². The Bertz CT molecular complexity index is 1310. The molecule has 1 amide bonds. The molecule has 34 heavy (non-hydrogen) atoms. The van der Waals surface area contributed by atoms with Crippen molar-refractivity contribution < 1.29 is 14.7 Å². The van der Waals surface area contributed by atoms with E-state index in [4.69, 9.17) is 5.73 Å². The number of piperidine rings is 2. The number of hydrogen-bond donors (Lipinski definition) is 3. The highest BCUT2D eigenvalue weighted by molar-refractivity contribution is 7.21. The van der Waals surface area contributed by atoms with Crippen LogP contribution < -0.4 is 16.0 Å². The maximum atomic E-state index is 13.0. The molecule has 7 nitrogen and oxygen atoms in total. The number of nitrogens with zero attached hydrogens (tertiary/aromatic N) is 2. The predicted molar refractivity (Wildman–Crippen MR) is 133 cm³/mol. The van der Waals surface area contributed by atoms with Crippen LogP contribution in [0.5, 0.6) is 0 Å². The average Bonchev–Trinajstić information content (AvgIpc) is 3.14. The van der Waals surface area contributed by atoms with Gasteiger partial charge in [-0.05, 0) is 79.8 Å². The Kier molecular flexibility index (Phi) is 5.02. The number of anilines is 2. The SMILES string of the molecule is Cc1ccc2c(N)c(C(=O)N[C@H]3CCc4cc(N5C[C@H]6C[C@@H](C5)C6C(=O)O)ccc4C3)sc2n1. The molecule has 2 aliphatic carbocycles. The number of pyridine rings is 1. The summed E-state index contributed by atoms with van der Waals surface area (Å²) < 4.78 is 0. The van der Waals surface area contributed by atoms with Gasteiger partial charge in [0, 0.05) is 35.9 Å². The Hall–Kier alpha value is -3.13. The van der Waals surface area contributed by atoms with Gasteiger partial charge in [-0.1, -0.05) is 6.07 Å². The minimum Gasteiger partial charge on any atom is -0.481 e. The van der Waals surface area contributed by atoms with E-state index in [0.717, 1.165) is 54.7 Å². The highest BCUT2D eigenvalue weighted by atomic mass is 32.1. The van der Waals surface area contributed by atoms with Crippen molar-refractivity contribution in [2.45, 2.75) is 38.6 Å². The molecule has 2 aromatic heterocycles. The Morgan fingerprint density at radius 3 is 2.74 bits per heavy atom. The lowest BCUT2D eigenvalue weighted by Gasteiger charge is -2.52. The van der Waals surface area contributed by atoms with Crippen molar-refractivity contribution in [1.29, 1.82) is 0 Å². The van der Waals surface area contributed by atoms with Gasteiger partial charge in [-0.2, -0.15) is 0 Å². The van der Waals surface area contributed by atoms with Gasteiger partial charge in [-0.3, -0.25) is 9.59 Å². The van der Waals surface area contributed by atoms with Gasteiger partial charge in [0.25, 0.3) is 5.91 Å². The molecule has 2 aliphatic heterocycles. The van der Waals surface area contributed by atoms with E-state index in [0.29, 0.717) is 10.6 Å². The third-order valence-corrected chi connectivity index (χ3v) is 8.99. The molecule has 2 saturated heterocycles. The van der Waals surface area contributed by atoms with Gasteiger partial charge in [-0.15, -0.1) is 11.3 Å². The summed E-state index contributed by atoms with van der Waals surface area (Å²) in [4.78, 5) is 32.7. The zero-order chi connectivity index (χ0) is 23.6. The van der Waals surface area contributed by atoms with E-state index in [1.54, 1.807) is 0 Å². The van der Waals surface area contributed by atoms with E-state index >= 15 is 0 Å². The Morgan fingerprint density at radius 1 is 1.18 bits per heavy atom. The summed E-state index contributed by atoms with van der Waals surface area (Å²) in [7, 11) is 0. The number of thiophene rings is 1. The van der Waals surface area contributed by atoms with E-state index in [1.165, 1.54) is 28.2 Å². The van der Waals surface area contributed by atoms with Crippen molar-refractivity contribution in [3.8, 4) is 0 Å². The van der Waals surface area contributed by atoms with Crippen LogP contribution >= 0.6 is 11.3 Å². The van der Waals surface area contributed by atoms with Crippen molar-refractivity contribution in [3.63, 3.8) is 0 Å². The number of aromatic nitrogens is 1. The number of rotatable bonds is 4. The van der Waals surface area contributed by atoms with Gasteiger partial charge in [0.15, 0.2) is 0 Å². The van der Waals surface area contributed by atoms with Gasteiger partial charge >= 0.3 is 5.97 Å². The number of nitrogens with two attached hydrogens (primary N) is 1. The van der Waals surface area contributed by atoms with Crippen LogP contribution in [0.3, 0.4) is 0 Å². The lowest BCUT2D eigenvalue weighted by atomic mass is 9.61. The first-order chi connectivity index (χ1) is 16.4. The molecule has 1 saturated carbocycles. The van der Waals surface area contributed by atoms with Crippen LogP contribution in [-0.2, 0) is 17.6 Å². The van der Waals surface area contributed by atoms with Crippen LogP contribution in [-0.4, -0.2) is 41.1 Å². The number of amides is 1. The number of carboxylic acids is 1. The molecule has 4 N–H and O–H groups in total. The first-order valence-corrected chi connectivity index (χ1v) is 12.7. The smallest absolute Gasteiger partial charge is 0.307 e. The fraction of sp³-hybridized carbons (Fsp3) is 0.423. The summed E-state index contributed by atoms with van der Waals surface area (Å²) in [5.74, 6) is -0.375. The Morgan fingerprint density at radius 2 is 1.97 bits per heavy atom. The minimum atomic E-state index is -0.636. The van der Waals surface area contributed by atoms with Gasteiger partial charge < -0.3 is 21.1 Å². The largest absolute Gasteiger partial charge is 0.481 e. The van der Waals surface area contributed by atoms with Crippen LogP contribution in [0.1, 0.15) is 39.3 Å². The average molecular weight is 477 g/mol. The number of aryl methyl sites for hydroxylation is 2. The van der Waals surface area contributed by atoms with E-state index in [1.807, 2.05) is 19.1 Å². The second-order valence-electron chi connectivity index (χ2n) is 10.0. The molecule has 4 aliphatic rings. The Labute approximate surface area is 202 Å². The highest BCUT2D eigenvalue weighted by Crippen LogP contribution is 2.47. The molecule has 4 atom stereocenters. The number of carbonyl (C=O) groups is 2. The summed E-state index contributed by atoms with van der Waals surface area (Å²) in [6.07, 6.45) is 3.64. The molecule has 1 unspecified atom stereocenters. The van der Waals surface area contributed by atoms with Crippen molar-refractivity contribution >= 4 is 44.8 Å². The summed E-state index contributed by atoms with van der Waals surface area (Å²) in [6, 6.07) is 10.5. The minimum absolute atomic E-state index is 0.0733. The lowest BCUT2D eigenvalue weighted by molar-refractivity contribution is -0.153. The molecular weight excluding hydrogens is 448 g/mol. The maximum absolute atomic E-state index is 13.0. The Balaban J connectivity index is 1.13. The van der Waals surface area contributed by atoms with Crippen molar-refractivity contribution in [2.24, 2.45) is 17.8 Å². The summed E-state index contributed by atoms with van der Waals surface area (Å²) in [5, 5.41) is 13.5. The first kappa shape index (κ1) is 21.4. The van der Waals surface area contributed by atoms with Crippen molar-refractivity contribution in [2.75, 3.05) is 23.7 Å². The second kappa shape index (κ2) is 7.98. The molecule has 0 spiro atoms. The second-order valence-corrected chi connectivity index (χ2v) is 11.0. The lowest BCUT2D eigenvalue weighted by Crippen LogP contribution is -2.57. The monoisotopic (exact) mass is 476 g/mol. The molecular formula is C26H28N4O3S.